The predicted molar refractivity (Wildman–Crippen MR) is 96.5 cm³/mol. The van der Waals surface area contributed by atoms with Crippen LogP contribution in [0.3, 0.4) is 0 Å². The Morgan fingerprint density at radius 2 is 1.54 bits per heavy atom. The molecule has 0 radical (unpaired) electrons. The number of aromatic nitrogens is 1. The van der Waals surface area contributed by atoms with Gasteiger partial charge < -0.3 is 10.7 Å². The molecule has 2 aromatic carbocycles. The van der Waals surface area contributed by atoms with E-state index < -0.39 is 5.56 Å². The Labute approximate surface area is 148 Å². The normalized spacial score (nSPS) is 10.2. The van der Waals surface area contributed by atoms with E-state index in [1.54, 1.807) is 43.3 Å². The van der Waals surface area contributed by atoms with Crippen LogP contribution in [0.4, 0.5) is 10.2 Å². The lowest BCUT2D eigenvalue weighted by atomic mass is 9.94. The molecule has 0 atom stereocenters. The molecule has 126 valence electrons. The van der Waals surface area contributed by atoms with Crippen molar-refractivity contribution in [2.24, 2.45) is 0 Å². The standard InChI is InChI=1S/C20H13FN4O/c1-11-2-3-14(8-17(11)21)12-4-6-13(7-5-12)18-15(9-22)19(24)25-20(26)16(18)10-23/h2-8H,1H3,(H3,24,25,26). The molecular weight excluding hydrogens is 331 g/mol. The van der Waals surface area contributed by atoms with E-state index in [0.717, 1.165) is 5.56 Å². The van der Waals surface area contributed by atoms with Crippen molar-refractivity contribution in [3.8, 4) is 34.4 Å². The number of benzene rings is 2. The summed E-state index contributed by atoms with van der Waals surface area (Å²) in [5, 5.41) is 18.7. The number of aryl methyl sites for hydroxylation is 1. The maximum atomic E-state index is 13.8. The van der Waals surface area contributed by atoms with E-state index in [9.17, 15) is 19.7 Å². The molecule has 3 aromatic rings. The average Bonchev–Trinajstić information content (AvgIpc) is 2.63. The van der Waals surface area contributed by atoms with Crippen molar-refractivity contribution in [2.45, 2.75) is 6.92 Å². The lowest BCUT2D eigenvalue weighted by Crippen LogP contribution is -2.16. The molecule has 0 fully saturated rings. The van der Waals surface area contributed by atoms with E-state index in [-0.39, 0.29) is 28.3 Å². The predicted octanol–water partition coefficient (Wildman–Crippen LogP) is 3.48. The minimum Gasteiger partial charge on any atom is -0.384 e. The van der Waals surface area contributed by atoms with Crippen molar-refractivity contribution < 1.29 is 4.39 Å². The summed E-state index contributed by atoms with van der Waals surface area (Å²) in [7, 11) is 0. The summed E-state index contributed by atoms with van der Waals surface area (Å²) in [6.45, 7) is 1.69. The molecule has 0 unspecified atom stereocenters. The monoisotopic (exact) mass is 344 g/mol. The fourth-order valence-corrected chi connectivity index (χ4v) is 2.73. The van der Waals surface area contributed by atoms with Gasteiger partial charge in [-0.15, -0.1) is 0 Å². The zero-order valence-electron chi connectivity index (χ0n) is 13.8. The van der Waals surface area contributed by atoms with Gasteiger partial charge in [0, 0.05) is 5.56 Å². The van der Waals surface area contributed by atoms with Crippen LogP contribution >= 0.6 is 0 Å². The van der Waals surface area contributed by atoms with E-state index >= 15 is 0 Å². The SMILES string of the molecule is Cc1ccc(-c2ccc(-c3c(C#N)c(N)[nH]c(=O)c3C#N)cc2)cc1F. The fraction of sp³-hybridized carbons (Fsp3) is 0.0500. The van der Waals surface area contributed by atoms with Crippen molar-refractivity contribution in [1.29, 1.82) is 10.5 Å². The first-order chi connectivity index (χ1) is 12.5. The number of anilines is 1. The Balaban J connectivity index is 2.16. The number of nitriles is 2. The number of nitrogen functional groups attached to an aromatic ring is 1. The maximum Gasteiger partial charge on any atom is 0.268 e. The van der Waals surface area contributed by atoms with Crippen LogP contribution in [0.2, 0.25) is 0 Å². The van der Waals surface area contributed by atoms with Crippen LogP contribution in [-0.4, -0.2) is 4.98 Å². The van der Waals surface area contributed by atoms with Crippen LogP contribution < -0.4 is 11.3 Å². The third-order valence-corrected chi connectivity index (χ3v) is 4.15. The summed E-state index contributed by atoms with van der Waals surface area (Å²) in [6, 6.07) is 15.5. The van der Waals surface area contributed by atoms with Gasteiger partial charge in [0.05, 0.1) is 0 Å². The Morgan fingerprint density at radius 1 is 0.962 bits per heavy atom. The van der Waals surface area contributed by atoms with Gasteiger partial charge in [-0.2, -0.15) is 10.5 Å². The number of halogens is 1. The highest BCUT2D eigenvalue weighted by atomic mass is 19.1. The van der Waals surface area contributed by atoms with E-state index in [0.29, 0.717) is 16.7 Å². The molecule has 0 spiro atoms. The van der Waals surface area contributed by atoms with E-state index in [2.05, 4.69) is 4.98 Å². The van der Waals surface area contributed by atoms with Crippen molar-refractivity contribution >= 4 is 5.82 Å². The molecule has 0 aliphatic heterocycles. The molecule has 1 heterocycles. The summed E-state index contributed by atoms with van der Waals surface area (Å²) in [6.07, 6.45) is 0. The van der Waals surface area contributed by atoms with Crippen LogP contribution in [0.15, 0.2) is 47.3 Å². The van der Waals surface area contributed by atoms with Gasteiger partial charge in [0.1, 0.15) is 34.9 Å². The third kappa shape index (κ3) is 2.81. The van der Waals surface area contributed by atoms with E-state index in [1.165, 1.54) is 6.07 Å². The fourth-order valence-electron chi connectivity index (χ4n) is 2.73. The number of nitrogens with two attached hydrogens (primary N) is 1. The highest BCUT2D eigenvalue weighted by Crippen LogP contribution is 2.30. The Kier molecular flexibility index (Phi) is 4.26. The molecule has 0 saturated heterocycles. The second-order valence-corrected chi connectivity index (χ2v) is 5.76. The number of rotatable bonds is 2. The van der Waals surface area contributed by atoms with Crippen LogP contribution in [0.1, 0.15) is 16.7 Å². The molecule has 0 aliphatic carbocycles. The van der Waals surface area contributed by atoms with Gasteiger partial charge in [-0.05, 0) is 35.2 Å². The summed E-state index contributed by atoms with van der Waals surface area (Å²) in [5.41, 5.74) is 7.65. The Hall–Kier alpha value is -3.90. The van der Waals surface area contributed by atoms with Gasteiger partial charge in [-0.25, -0.2) is 4.39 Å². The van der Waals surface area contributed by atoms with Crippen LogP contribution in [0, 0.1) is 35.4 Å². The maximum absolute atomic E-state index is 13.8. The van der Waals surface area contributed by atoms with Gasteiger partial charge >= 0.3 is 0 Å². The summed E-state index contributed by atoms with van der Waals surface area (Å²) < 4.78 is 13.8. The highest BCUT2D eigenvalue weighted by Gasteiger charge is 2.18. The minimum atomic E-state index is -0.649. The Bertz CT molecular complexity index is 1150. The molecule has 0 aliphatic rings. The highest BCUT2D eigenvalue weighted by molar-refractivity contribution is 5.81. The van der Waals surface area contributed by atoms with E-state index in [1.807, 2.05) is 12.1 Å². The quantitative estimate of drug-likeness (QED) is 0.742. The van der Waals surface area contributed by atoms with Gasteiger partial charge in [0.25, 0.3) is 5.56 Å². The van der Waals surface area contributed by atoms with Gasteiger partial charge in [0.15, 0.2) is 0 Å². The average molecular weight is 344 g/mol. The number of hydrogen-bond acceptors (Lipinski definition) is 4. The number of nitrogens with zero attached hydrogens (tertiary/aromatic N) is 2. The number of hydrogen-bond donors (Lipinski definition) is 2. The second kappa shape index (κ2) is 6.54. The van der Waals surface area contributed by atoms with Crippen molar-refractivity contribution in [3.63, 3.8) is 0 Å². The summed E-state index contributed by atoms with van der Waals surface area (Å²) in [4.78, 5) is 14.3. The largest absolute Gasteiger partial charge is 0.384 e. The minimum absolute atomic E-state index is 0.0373. The van der Waals surface area contributed by atoms with Crippen molar-refractivity contribution in [3.05, 3.63) is 75.3 Å². The number of pyridine rings is 1. The molecule has 6 heteroatoms. The molecule has 3 rings (SSSR count). The molecule has 5 nitrogen and oxygen atoms in total. The summed E-state index contributed by atoms with van der Waals surface area (Å²) >= 11 is 0. The van der Waals surface area contributed by atoms with Gasteiger partial charge in [-0.3, -0.25) is 4.79 Å². The number of H-pyrrole nitrogens is 1. The van der Waals surface area contributed by atoms with Gasteiger partial charge in [-0.1, -0.05) is 36.4 Å². The molecule has 1 aromatic heterocycles. The summed E-state index contributed by atoms with van der Waals surface area (Å²) in [5.74, 6) is -0.386. The number of aromatic amines is 1. The number of nitrogens with one attached hydrogen (secondary N) is 1. The first-order valence-electron chi connectivity index (χ1n) is 7.69. The zero-order valence-corrected chi connectivity index (χ0v) is 13.8. The van der Waals surface area contributed by atoms with Crippen molar-refractivity contribution in [1.82, 2.24) is 4.98 Å². The molecular formula is C20H13FN4O. The topological polar surface area (TPSA) is 106 Å². The first-order valence-corrected chi connectivity index (χ1v) is 7.69. The smallest absolute Gasteiger partial charge is 0.268 e. The zero-order chi connectivity index (χ0) is 18.8. The lowest BCUT2D eigenvalue weighted by Gasteiger charge is -2.10. The second-order valence-electron chi connectivity index (χ2n) is 5.76. The molecule has 3 N–H and O–H groups in total. The van der Waals surface area contributed by atoms with Crippen LogP contribution in [0.25, 0.3) is 22.3 Å². The van der Waals surface area contributed by atoms with Crippen LogP contribution in [0.5, 0.6) is 0 Å². The molecule has 0 amide bonds. The molecule has 0 bridgehead atoms. The van der Waals surface area contributed by atoms with E-state index in [4.69, 9.17) is 5.73 Å². The van der Waals surface area contributed by atoms with Gasteiger partial charge in [0.2, 0.25) is 0 Å². The molecule has 26 heavy (non-hydrogen) atoms. The first kappa shape index (κ1) is 16.9. The Morgan fingerprint density at radius 3 is 2.12 bits per heavy atom. The molecule has 0 saturated carbocycles. The van der Waals surface area contributed by atoms with Crippen molar-refractivity contribution in [2.75, 3.05) is 5.73 Å². The lowest BCUT2D eigenvalue weighted by molar-refractivity contribution is 0.619. The van der Waals surface area contributed by atoms with Crippen LogP contribution in [-0.2, 0) is 0 Å². The third-order valence-electron chi connectivity index (χ3n) is 4.15.